The molecule has 3 rings (SSSR count). The quantitative estimate of drug-likeness (QED) is 0.920. The molecule has 1 aliphatic heterocycles. The van der Waals surface area contributed by atoms with Crippen molar-refractivity contribution in [3.8, 4) is 0 Å². The lowest BCUT2D eigenvalue weighted by Gasteiger charge is -2.31. The van der Waals surface area contributed by atoms with Crippen LogP contribution in [0.2, 0.25) is 0 Å². The van der Waals surface area contributed by atoms with Crippen molar-refractivity contribution in [3.63, 3.8) is 0 Å². The molecule has 1 amide bonds. The minimum Gasteiger partial charge on any atom is -0.351 e. The molecule has 1 N–H and O–H groups in total. The minimum absolute atomic E-state index is 0.142. The summed E-state index contributed by atoms with van der Waals surface area (Å²) in [4.78, 5) is 13.9. The average Bonchev–Trinajstić information content (AvgIpc) is 3.15. The van der Waals surface area contributed by atoms with Crippen LogP contribution in [0.1, 0.15) is 46.4 Å². The number of amides is 1. The molecule has 1 aliphatic rings. The number of halogens is 3. The lowest BCUT2D eigenvalue weighted by molar-refractivity contribution is -0.141. The maximum Gasteiger partial charge on any atom is 0.435 e. The molecular weight excluding hydrogens is 313 g/mol. The molecule has 1 atom stereocenters. The van der Waals surface area contributed by atoms with E-state index in [2.05, 4.69) is 15.4 Å². The zero-order valence-corrected chi connectivity index (χ0v) is 12.4. The Morgan fingerprint density at radius 1 is 1.43 bits per heavy atom. The number of nitrogens with zero attached hydrogens (tertiary/aromatic N) is 3. The Balaban J connectivity index is 1.73. The predicted molar refractivity (Wildman–Crippen MR) is 72.7 cm³/mol. The number of likely N-dealkylation sites (tertiary alicyclic amines) is 1. The van der Waals surface area contributed by atoms with E-state index in [0.29, 0.717) is 37.3 Å². The van der Waals surface area contributed by atoms with Crippen LogP contribution in [0.3, 0.4) is 0 Å². The average molecular weight is 328 g/mol. The van der Waals surface area contributed by atoms with E-state index in [1.807, 2.05) is 0 Å². The van der Waals surface area contributed by atoms with Crippen molar-refractivity contribution in [3.05, 3.63) is 35.0 Å². The summed E-state index contributed by atoms with van der Waals surface area (Å²) in [7, 11) is 0. The maximum atomic E-state index is 12.6. The van der Waals surface area contributed by atoms with Crippen molar-refractivity contribution < 1.29 is 22.5 Å². The number of rotatable bonds is 2. The van der Waals surface area contributed by atoms with Crippen LogP contribution in [0.4, 0.5) is 13.2 Å². The third-order valence-corrected chi connectivity index (χ3v) is 3.88. The van der Waals surface area contributed by atoms with Crippen molar-refractivity contribution in [2.75, 3.05) is 13.1 Å². The summed E-state index contributed by atoms with van der Waals surface area (Å²) in [6.45, 7) is 2.57. The molecule has 6 nitrogen and oxygen atoms in total. The van der Waals surface area contributed by atoms with E-state index in [4.69, 9.17) is 4.52 Å². The molecule has 3 heterocycles. The van der Waals surface area contributed by atoms with Gasteiger partial charge in [-0.25, -0.2) is 0 Å². The first-order chi connectivity index (χ1) is 10.8. The summed E-state index contributed by atoms with van der Waals surface area (Å²) in [5.74, 6) is -0.366. The molecule has 0 unspecified atom stereocenters. The van der Waals surface area contributed by atoms with Crippen LogP contribution in [-0.4, -0.2) is 39.3 Å². The Morgan fingerprint density at radius 2 is 2.22 bits per heavy atom. The number of hydrogen-bond donors (Lipinski definition) is 1. The standard InChI is InChI=1S/C14H15F3N4O2/c1-8-5-11(23-20-8)13(22)21-4-2-3-9(7-21)10-6-12(19-18-10)14(15,16)17/h5-6,9H,2-4,7H2,1H3,(H,18,19)/t9-/m1/s1. The van der Waals surface area contributed by atoms with Gasteiger partial charge in [0.15, 0.2) is 5.69 Å². The van der Waals surface area contributed by atoms with Crippen LogP contribution >= 0.6 is 0 Å². The Morgan fingerprint density at radius 3 is 2.83 bits per heavy atom. The number of aryl methyl sites for hydroxylation is 1. The molecule has 0 radical (unpaired) electrons. The molecule has 0 spiro atoms. The van der Waals surface area contributed by atoms with Gasteiger partial charge in [0.05, 0.1) is 5.69 Å². The third kappa shape index (κ3) is 3.22. The second-order valence-corrected chi connectivity index (χ2v) is 5.63. The van der Waals surface area contributed by atoms with Crippen molar-refractivity contribution in [1.29, 1.82) is 0 Å². The molecule has 9 heteroatoms. The molecule has 23 heavy (non-hydrogen) atoms. The van der Waals surface area contributed by atoms with Crippen LogP contribution in [0.5, 0.6) is 0 Å². The fourth-order valence-electron chi connectivity index (χ4n) is 2.73. The minimum atomic E-state index is -4.48. The molecule has 0 saturated carbocycles. The number of carbonyl (C=O) groups is 1. The number of nitrogens with one attached hydrogen (secondary N) is 1. The number of aromatic nitrogens is 3. The zero-order valence-electron chi connectivity index (χ0n) is 12.4. The maximum absolute atomic E-state index is 12.6. The number of carbonyl (C=O) groups excluding carboxylic acids is 1. The van der Waals surface area contributed by atoms with Crippen LogP contribution in [-0.2, 0) is 6.18 Å². The van der Waals surface area contributed by atoms with Crippen molar-refractivity contribution in [1.82, 2.24) is 20.3 Å². The summed E-state index contributed by atoms with van der Waals surface area (Å²) >= 11 is 0. The molecule has 0 aromatic carbocycles. The Bertz CT molecular complexity index is 707. The number of alkyl halides is 3. The van der Waals surface area contributed by atoms with Gasteiger partial charge in [-0.2, -0.15) is 18.3 Å². The van der Waals surface area contributed by atoms with E-state index in [0.717, 1.165) is 6.07 Å². The first-order valence-electron chi connectivity index (χ1n) is 7.19. The molecule has 2 aromatic heterocycles. The van der Waals surface area contributed by atoms with E-state index in [1.54, 1.807) is 17.9 Å². The summed E-state index contributed by atoms with van der Waals surface area (Å²) in [5, 5.41) is 9.43. The van der Waals surface area contributed by atoms with Gasteiger partial charge in [-0.3, -0.25) is 9.89 Å². The summed E-state index contributed by atoms with van der Waals surface area (Å²) in [6.07, 6.45) is -3.08. The first-order valence-corrected chi connectivity index (χ1v) is 7.19. The number of hydrogen-bond acceptors (Lipinski definition) is 4. The highest BCUT2D eigenvalue weighted by molar-refractivity contribution is 5.91. The van der Waals surface area contributed by atoms with Gasteiger partial charge in [0.25, 0.3) is 5.91 Å². The molecular formula is C14H15F3N4O2. The highest BCUT2D eigenvalue weighted by Crippen LogP contribution is 2.32. The van der Waals surface area contributed by atoms with E-state index in [-0.39, 0.29) is 17.6 Å². The Labute approximate surface area is 129 Å². The number of H-pyrrole nitrogens is 1. The lowest BCUT2D eigenvalue weighted by atomic mass is 9.94. The SMILES string of the molecule is Cc1cc(C(=O)N2CCC[C@@H](c3cc(C(F)(F)F)n[nH]3)C2)on1. The summed E-state index contributed by atoms with van der Waals surface area (Å²) < 4.78 is 42.9. The van der Waals surface area contributed by atoms with Gasteiger partial charge in [-0.05, 0) is 25.8 Å². The fourth-order valence-corrected chi connectivity index (χ4v) is 2.73. The van der Waals surface area contributed by atoms with Crippen LogP contribution in [0, 0.1) is 6.92 Å². The highest BCUT2D eigenvalue weighted by Gasteiger charge is 2.35. The van der Waals surface area contributed by atoms with Gasteiger partial charge in [0.1, 0.15) is 0 Å². The highest BCUT2D eigenvalue weighted by atomic mass is 19.4. The van der Waals surface area contributed by atoms with Gasteiger partial charge in [-0.1, -0.05) is 5.16 Å². The third-order valence-electron chi connectivity index (χ3n) is 3.88. The topological polar surface area (TPSA) is 75.0 Å². The van der Waals surface area contributed by atoms with Crippen LogP contribution in [0.25, 0.3) is 0 Å². The van der Waals surface area contributed by atoms with E-state index >= 15 is 0 Å². The molecule has 0 aliphatic carbocycles. The van der Waals surface area contributed by atoms with Gasteiger partial charge >= 0.3 is 6.18 Å². The van der Waals surface area contributed by atoms with Crippen LogP contribution < -0.4 is 0 Å². The van der Waals surface area contributed by atoms with Gasteiger partial charge in [0, 0.05) is 30.8 Å². The molecule has 1 saturated heterocycles. The van der Waals surface area contributed by atoms with Crippen molar-refractivity contribution in [2.24, 2.45) is 0 Å². The van der Waals surface area contributed by atoms with Gasteiger partial charge < -0.3 is 9.42 Å². The van der Waals surface area contributed by atoms with Gasteiger partial charge in [0.2, 0.25) is 5.76 Å². The smallest absolute Gasteiger partial charge is 0.351 e. The largest absolute Gasteiger partial charge is 0.435 e. The predicted octanol–water partition coefficient (Wildman–Crippen LogP) is 2.74. The Kier molecular flexibility index (Phi) is 3.87. The van der Waals surface area contributed by atoms with Crippen molar-refractivity contribution in [2.45, 2.75) is 31.9 Å². The molecule has 2 aromatic rings. The molecule has 124 valence electrons. The number of piperidine rings is 1. The second-order valence-electron chi connectivity index (χ2n) is 5.63. The lowest BCUT2D eigenvalue weighted by Crippen LogP contribution is -2.39. The van der Waals surface area contributed by atoms with Crippen LogP contribution in [0.15, 0.2) is 16.7 Å². The van der Waals surface area contributed by atoms with E-state index < -0.39 is 11.9 Å². The van der Waals surface area contributed by atoms with E-state index in [9.17, 15) is 18.0 Å². The monoisotopic (exact) mass is 328 g/mol. The van der Waals surface area contributed by atoms with Crippen molar-refractivity contribution >= 4 is 5.91 Å². The van der Waals surface area contributed by atoms with Gasteiger partial charge in [-0.15, -0.1) is 0 Å². The zero-order chi connectivity index (χ0) is 16.6. The summed E-state index contributed by atoms with van der Waals surface area (Å²) in [5.41, 5.74) is 0.0516. The first kappa shape index (κ1) is 15.6. The molecule has 1 fully saturated rings. The Hall–Kier alpha value is -2.32. The van der Waals surface area contributed by atoms with E-state index in [1.165, 1.54) is 0 Å². The normalized spacial score (nSPS) is 19.1. The molecule has 0 bridgehead atoms. The summed E-state index contributed by atoms with van der Waals surface area (Å²) in [6, 6.07) is 2.56. The number of aromatic amines is 1. The fraction of sp³-hybridized carbons (Fsp3) is 0.500. The second kappa shape index (κ2) is 5.71.